The van der Waals surface area contributed by atoms with Crippen LogP contribution in [-0.2, 0) is 11.4 Å². The highest BCUT2D eigenvalue weighted by molar-refractivity contribution is 6.31. The van der Waals surface area contributed by atoms with Gasteiger partial charge in [-0.2, -0.15) is 0 Å². The fourth-order valence-corrected chi connectivity index (χ4v) is 6.34. The van der Waals surface area contributed by atoms with Crippen molar-refractivity contribution in [2.45, 2.75) is 50.4 Å². The molecular formula is C29H29ClN2O. The van der Waals surface area contributed by atoms with Crippen LogP contribution >= 0.6 is 11.6 Å². The van der Waals surface area contributed by atoms with Crippen LogP contribution < -0.4 is 5.48 Å². The van der Waals surface area contributed by atoms with Crippen LogP contribution in [0.3, 0.4) is 0 Å². The summed E-state index contributed by atoms with van der Waals surface area (Å²) in [6, 6.07) is 30.5. The highest BCUT2D eigenvalue weighted by Gasteiger charge is 2.49. The minimum Gasteiger partial charge on any atom is -0.285 e. The van der Waals surface area contributed by atoms with Crippen LogP contribution in [0.4, 0.5) is 0 Å². The molecule has 6 rings (SSSR count). The molecule has 3 aliphatic rings. The lowest BCUT2D eigenvalue weighted by molar-refractivity contribution is 0.0333. The molecule has 0 spiro atoms. The Bertz CT molecular complexity index is 1150. The van der Waals surface area contributed by atoms with Crippen LogP contribution in [0.5, 0.6) is 0 Å². The summed E-state index contributed by atoms with van der Waals surface area (Å²) in [4.78, 5) is 9.07. The lowest BCUT2D eigenvalue weighted by Gasteiger charge is -2.49. The van der Waals surface area contributed by atoms with E-state index in [4.69, 9.17) is 16.4 Å². The number of hydrogen-bond donors (Lipinski definition) is 1. The Morgan fingerprint density at radius 2 is 1.55 bits per heavy atom. The van der Waals surface area contributed by atoms with Gasteiger partial charge >= 0.3 is 0 Å². The molecule has 0 saturated heterocycles. The molecule has 0 aromatic heterocycles. The SMILES string of the molecule is Clc1ccccc1C1ONC2=C1C(c1ccccc1)N(Cc1ccccc1)C1CCCCC21. The first-order chi connectivity index (χ1) is 16.3. The minimum absolute atomic E-state index is 0.136. The number of benzene rings is 3. The molecule has 0 radical (unpaired) electrons. The van der Waals surface area contributed by atoms with Crippen molar-refractivity contribution in [1.82, 2.24) is 10.4 Å². The molecule has 3 nitrogen and oxygen atoms in total. The van der Waals surface area contributed by atoms with E-state index in [9.17, 15) is 0 Å². The third kappa shape index (κ3) is 3.78. The number of nitrogens with zero attached hydrogens (tertiary/aromatic N) is 1. The third-order valence-corrected chi connectivity index (χ3v) is 7.89. The molecule has 1 fully saturated rings. The van der Waals surface area contributed by atoms with Gasteiger partial charge in [0, 0.05) is 40.4 Å². The van der Waals surface area contributed by atoms with E-state index in [-0.39, 0.29) is 12.1 Å². The topological polar surface area (TPSA) is 24.5 Å². The number of nitrogens with one attached hydrogen (secondary N) is 1. The predicted molar refractivity (Wildman–Crippen MR) is 132 cm³/mol. The average molecular weight is 457 g/mol. The molecule has 4 heteroatoms. The van der Waals surface area contributed by atoms with Crippen molar-refractivity contribution in [3.8, 4) is 0 Å². The minimum atomic E-state index is -0.194. The maximum atomic E-state index is 6.69. The maximum absolute atomic E-state index is 6.69. The third-order valence-electron chi connectivity index (χ3n) is 7.54. The van der Waals surface area contributed by atoms with Gasteiger partial charge in [0.25, 0.3) is 0 Å². The highest BCUT2D eigenvalue weighted by Crippen LogP contribution is 2.53. The Balaban J connectivity index is 1.52. The molecule has 2 heterocycles. The Morgan fingerprint density at radius 1 is 0.848 bits per heavy atom. The molecule has 3 aromatic carbocycles. The number of hydrogen-bond acceptors (Lipinski definition) is 3. The summed E-state index contributed by atoms with van der Waals surface area (Å²) >= 11 is 6.69. The van der Waals surface area contributed by atoms with E-state index in [1.165, 1.54) is 48.1 Å². The summed E-state index contributed by atoms with van der Waals surface area (Å²) in [5.41, 5.74) is 9.74. The first-order valence-corrected chi connectivity index (χ1v) is 12.4. The van der Waals surface area contributed by atoms with E-state index in [2.05, 4.69) is 83.2 Å². The second-order valence-corrected chi connectivity index (χ2v) is 9.83. The number of rotatable bonds is 4. The van der Waals surface area contributed by atoms with Crippen LogP contribution in [0.15, 0.2) is 96.2 Å². The second-order valence-electron chi connectivity index (χ2n) is 9.42. The summed E-state index contributed by atoms with van der Waals surface area (Å²) in [6.07, 6.45) is 4.77. The zero-order valence-corrected chi connectivity index (χ0v) is 19.4. The van der Waals surface area contributed by atoms with Crippen molar-refractivity contribution in [3.05, 3.63) is 118 Å². The van der Waals surface area contributed by atoms with E-state index in [1.807, 2.05) is 12.1 Å². The van der Waals surface area contributed by atoms with Gasteiger partial charge in [0.2, 0.25) is 0 Å². The van der Waals surface area contributed by atoms with Gasteiger partial charge in [0.05, 0.1) is 6.04 Å². The molecule has 4 atom stereocenters. The molecule has 3 aromatic rings. The summed E-state index contributed by atoms with van der Waals surface area (Å²) in [5.74, 6) is 0.463. The summed E-state index contributed by atoms with van der Waals surface area (Å²) in [7, 11) is 0. The Morgan fingerprint density at radius 3 is 2.33 bits per heavy atom. The first-order valence-electron chi connectivity index (χ1n) is 12.1. The normalized spacial score (nSPS) is 27.1. The fourth-order valence-electron chi connectivity index (χ4n) is 6.11. The summed E-state index contributed by atoms with van der Waals surface area (Å²) < 4.78 is 0. The average Bonchev–Trinajstić information content (AvgIpc) is 3.30. The van der Waals surface area contributed by atoms with Gasteiger partial charge in [-0.1, -0.05) is 103 Å². The number of halogens is 1. The van der Waals surface area contributed by atoms with Gasteiger partial charge in [-0.15, -0.1) is 0 Å². The van der Waals surface area contributed by atoms with E-state index in [0.717, 1.165) is 17.1 Å². The zero-order chi connectivity index (χ0) is 22.2. The van der Waals surface area contributed by atoms with Crippen LogP contribution in [-0.4, -0.2) is 10.9 Å². The molecule has 1 aliphatic carbocycles. The van der Waals surface area contributed by atoms with Crippen molar-refractivity contribution < 1.29 is 4.84 Å². The smallest absolute Gasteiger partial charge is 0.137 e. The Kier molecular flexibility index (Phi) is 5.71. The second kappa shape index (κ2) is 8.98. The standard InChI is InChI=1S/C29H29ClN2O/c30-24-17-9-7-15-22(24)29-26-27(31-33-29)23-16-8-10-18-25(23)32(19-20-11-3-1-4-12-20)28(26)21-13-5-2-6-14-21/h1-7,9,11-15,17,23,25,28-29,31H,8,10,16,18-19H2. The lowest BCUT2D eigenvalue weighted by Crippen LogP contribution is -2.50. The highest BCUT2D eigenvalue weighted by atomic mass is 35.5. The van der Waals surface area contributed by atoms with Crippen LogP contribution in [0.2, 0.25) is 5.02 Å². The molecule has 1 saturated carbocycles. The van der Waals surface area contributed by atoms with E-state index in [0.29, 0.717) is 12.0 Å². The number of hydroxylamine groups is 1. The molecule has 0 amide bonds. The van der Waals surface area contributed by atoms with Gasteiger partial charge < -0.3 is 0 Å². The van der Waals surface area contributed by atoms with Gasteiger partial charge in [0.15, 0.2) is 0 Å². The Hall–Kier alpha value is -2.59. The molecule has 1 N–H and O–H groups in total. The summed E-state index contributed by atoms with van der Waals surface area (Å²) in [6.45, 7) is 0.924. The molecule has 0 bridgehead atoms. The molecule has 2 aliphatic heterocycles. The molecule has 33 heavy (non-hydrogen) atoms. The van der Waals surface area contributed by atoms with Crippen molar-refractivity contribution in [2.24, 2.45) is 5.92 Å². The lowest BCUT2D eigenvalue weighted by atomic mass is 9.73. The fraction of sp³-hybridized carbons (Fsp3) is 0.310. The monoisotopic (exact) mass is 456 g/mol. The van der Waals surface area contributed by atoms with E-state index < -0.39 is 0 Å². The predicted octanol–water partition coefficient (Wildman–Crippen LogP) is 6.99. The van der Waals surface area contributed by atoms with Crippen LogP contribution in [0, 0.1) is 5.92 Å². The van der Waals surface area contributed by atoms with Gasteiger partial charge in [-0.05, 0) is 30.0 Å². The molecular weight excluding hydrogens is 428 g/mol. The van der Waals surface area contributed by atoms with Gasteiger partial charge in [-0.25, -0.2) is 0 Å². The van der Waals surface area contributed by atoms with E-state index >= 15 is 0 Å². The van der Waals surface area contributed by atoms with E-state index in [1.54, 1.807) is 0 Å². The molecule has 168 valence electrons. The Labute approximate surface area is 201 Å². The largest absolute Gasteiger partial charge is 0.285 e. The van der Waals surface area contributed by atoms with Crippen LogP contribution in [0.1, 0.15) is 54.5 Å². The summed E-state index contributed by atoms with van der Waals surface area (Å²) in [5, 5.41) is 0.755. The quantitative estimate of drug-likeness (QED) is 0.458. The molecule has 4 unspecified atom stereocenters. The number of fused-ring (bicyclic) bond motifs is 2. The van der Waals surface area contributed by atoms with Crippen molar-refractivity contribution in [1.29, 1.82) is 0 Å². The van der Waals surface area contributed by atoms with Crippen molar-refractivity contribution in [3.63, 3.8) is 0 Å². The van der Waals surface area contributed by atoms with Gasteiger partial charge in [0.1, 0.15) is 6.10 Å². The van der Waals surface area contributed by atoms with Crippen LogP contribution in [0.25, 0.3) is 0 Å². The zero-order valence-electron chi connectivity index (χ0n) is 18.7. The maximum Gasteiger partial charge on any atom is 0.137 e. The first kappa shape index (κ1) is 21.0. The van der Waals surface area contributed by atoms with Gasteiger partial charge in [-0.3, -0.25) is 15.2 Å². The van der Waals surface area contributed by atoms with Crippen molar-refractivity contribution in [2.75, 3.05) is 0 Å². The van der Waals surface area contributed by atoms with Crippen molar-refractivity contribution >= 4 is 11.6 Å².